The fourth-order valence-corrected chi connectivity index (χ4v) is 3.54. The fourth-order valence-electron chi connectivity index (χ4n) is 2.92. The van der Waals surface area contributed by atoms with E-state index in [1.807, 2.05) is 39.0 Å². The molecular weight excluding hydrogens is 452 g/mol. The van der Waals surface area contributed by atoms with Gasteiger partial charge in [0.25, 0.3) is 0 Å². The summed E-state index contributed by atoms with van der Waals surface area (Å²) in [6.07, 6.45) is 0.165. The molecule has 0 radical (unpaired) electrons. The second-order valence-electron chi connectivity index (χ2n) is 8.70. The Morgan fingerprint density at radius 3 is 1.97 bits per heavy atom. The van der Waals surface area contributed by atoms with Crippen molar-refractivity contribution >= 4 is 46.7 Å². The minimum atomic E-state index is -0.212. The Hall–Kier alpha value is -3.59. The highest BCUT2D eigenvalue weighted by atomic mass is 32.2. The quantitative estimate of drug-likeness (QED) is 0.417. The van der Waals surface area contributed by atoms with Crippen molar-refractivity contribution in [3.63, 3.8) is 0 Å². The molecule has 34 heavy (non-hydrogen) atoms. The summed E-state index contributed by atoms with van der Waals surface area (Å²) in [7, 11) is 0. The van der Waals surface area contributed by atoms with Gasteiger partial charge in [0.05, 0.1) is 17.9 Å². The first-order valence-corrected chi connectivity index (χ1v) is 11.9. The lowest BCUT2D eigenvalue weighted by Crippen LogP contribution is -2.18. The van der Waals surface area contributed by atoms with E-state index in [0.717, 1.165) is 11.3 Å². The number of hydrogen-bond donors (Lipinski definition) is 3. The number of thioether (sulfide) groups is 1. The summed E-state index contributed by atoms with van der Waals surface area (Å²) in [5.74, 6) is 0.831. The Morgan fingerprint density at radius 2 is 1.41 bits per heavy atom. The molecule has 0 aliphatic rings. The molecule has 0 saturated heterocycles. The number of para-hydroxylation sites is 1. The van der Waals surface area contributed by atoms with E-state index >= 15 is 0 Å². The molecule has 0 aliphatic carbocycles. The highest BCUT2D eigenvalue weighted by Gasteiger charge is 2.20. The van der Waals surface area contributed by atoms with E-state index in [4.69, 9.17) is 4.52 Å². The van der Waals surface area contributed by atoms with Crippen molar-refractivity contribution in [2.75, 3.05) is 27.5 Å². The third-order valence-corrected chi connectivity index (χ3v) is 5.58. The number of benzene rings is 2. The van der Waals surface area contributed by atoms with Crippen LogP contribution in [-0.4, -0.2) is 34.4 Å². The zero-order valence-corrected chi connectivity index (χ0v) is 20.2. The van der Waals surface area contributed by atoms with E-state index in [1.54, 1.807) is 42.5 Å². The van der Waals surface area contributed by atoms with Crippen molar-refractivity contribution in [2.45, 2.75) is 32.6 Å². The zero-order valence-electron chi connectivity index (χ0n) is 19.4. The number of hydrogen-bond acceptors (Lipinski definition) is 6. The minimum Gasteiger partial charge on any atom is -0.359 e. The van der Waals surface area contributed by atoms with Gasteiger partial charge in [-0.2, -0.15) is 0 Å². The molecule has 8 nitrogen and oxygen atoms in total. The van der Waals surface area contributed by atoms with Crippen LogP contribution in [0.1, 0.15) is 32.1 Å². The number of nitrogens with zero attached hydrogens (tertiary/aromatic N) is 1. The van der Waals surface area contributed by atoms with Gasteiger partial charge in [-0.1, -0.05) is 56.3 Å². The van der Waals surface area contributed by atoms with Gasteiger partial charge in [-0.3, -0.25) is 14.4 Å². The van der Waals surface area contributed by atoms with Gasteiger partial charge in [0, 0.05) is 22.9 Å². The predicted molar refractivity (Wildman–Crippen MR) is 135 cm³/mol. The molecule has 0 unspecified atom stereocenters. The van der Waals surface area contributed by atoms with E-state index < -0.39 is 0 Å². The first-order chi connectivity index (χ1) is 16.2. The van der Waals surface area contributed by atoms with Crippen molar-refractivity contribution in [3.8, 4) is 0 Å². The van der Waals surface area contributed by atoms with Crippen LogP contribution < -0.4 is 16.0 Å². The maximum Gasteiger partial charge on any atom is 0.234 e. The predicted octanol–water partition coefficient (Wildman–Crippen LogP) is 4.46. The molecule has 1 heterocycles. The summed E-state index contributed by atoms with van der Waals surface area (Å²) in [6.45, 7) is 6.00. The average molecular weight is 481 g/mol. The van der Waals surface area contributed by atoms with E-state index in [-0.39, 0.29) is 41.1 Å². The first kappa shape index (κ1) is 25.0. The molecule has 3 amide bonds. The van der Waals surface area contributed by atoms with Gasteiger partial charge in [0.2, 0.25) is 17.7 Å². The topological polar surface area (TPSA) is 113 Å². The van der Waals surface area contributed by atoms with Crippen LogP contribution in [-0.2, 0) is 26.2 Å². The molecule has 0 fully saturated rings. The number of carbonyl (C=O) groups is 3. The Balaban J connectivity index is 1.39. The monoisotopic (exact) mass is 480 g/mol. The molecule has 0 bridgehead atoms. The summed E-state index contributed by atoms with van der Waals surface area (Å²) >= 11 is 1.23. The van der Waals surface area contributed by atoms with Crippen LogP contribution in [0, 0.1) is 0 Å². The van der Waals surface area contributed by atoms with Crippen LogP contribution in [0.3, 0.4) is 0 Å². The van der Waals surface area contributed by atoms with Gasteiger partial charge in [-0.15, -0.1) is 11.8 Å². The van der Waals surface area contributed by atoms with Crippen LogP contribution >= 0.6 is 11.8 Å². The number of anilines is 3. The van der Waals surface area contributed by atoms with E-state index in [9.17, 15) is 14.4 Å². The summed E-state index contributed by atoms with van der Waals surface area (Å²) in [5.41, 5.74) is 1.95. The summed E-state index contributed by atoms with van der Waals surface area (Å²) in [5, 5.41) is 12.2. The number of aromatic nitrogens is 1. The standard InChI is InChI=1S/C25H28N4O4S/c1-25(2,3)20-14-21(29-33-20)28-22(30)13-17-9-11-19(12-10-17)27-24(32)16-34-15-23(31)26-18-7-5-4-6-8-18/h4-12,14H,13,15-16H2,1-3H3,(H,26,31)(H,27,32)(H,28,29,30). The molecule has 0 saturated carbocycles. The zero-order chi connectivity index (χ0) is 24.6. The van der Waals surface area contributed by atoms with Crippen molar-refractivity contribution in [1.82, 2.24) is 5.16 Å². The van der Waals surface area contributed by atoms with Crippen molar-refractivity contribution < 1.29 is 18.9 Å². The van der Waals surface area contributed by atoms with Crippen molar-refractivity contribution in [1.29, 1.82) is 0 Å². The highest BCUT2D eigenvalue weighted by Crippen LogP contribution is 2.24. The molecule has 178 valence electrons. The SMILES string of the molecule is CC(C)(C)c1cc(NC(=O)Cc2ccc(NC(=O)CSCC(=O)Nc3ccccc3)cc2)no1. The molecule has 2 aromatic carbocycles. The van der Waals surface area contributed by atoms with Gasteiger partial charge >= 0.3 is 0 Å². The number of nitrogens with one attached hydrogen (secondary N) is 3. The maximum absolute atomic E-state index is 12.3. The van der Waals surface area contributed by atoms with Gasteiger partial charge < -0.3 is 20.5 Å². The maximum atomic E-state index is 12.3. The number of amides is 3. The summed E-state index contributed by atoms with van der Waals surface area (Å²) in [6, 6.07) is 17.9. The lowest BCUT2D eigenvalue weighted by Gasteiger charge is -2.12. The lowest BCUT2D eigenvalue weighted by molar-refractivity contribution is -0.116. The van der Waals surface area contributed by atoms with E-state index in [2.05, 4.69) is 21.1 Å². The Morgan fingerprint density at radius 1 is 0.824 bits per heavy atom. The number of carbonyl (C=O) groups excluding carboxylic acids is 3. The number of rotatable bonds is 9. The Kier molecular flexibility index (Phi) is 8.48. The van der Waals surface area contributed by atoms with Crippen LogP contribution in [0.25, 0.3) is 0 Å². The smallest absolute Gasteiger partial charge is 0.234 e. The van der Waals surface area contributed by atoms with Gasteiger partial charge in [0.1, 0.15) is 5.76 Å². The van der Waals surface area contributed by atoms with Crippen LogP contribution in [0.4, 0.5) is 17.2 Å². The third-order valence-electron chi connectivity index (χ3n) is 4.64. The summed E-state index contributed by atoms with van der Waals surface area (Å²) < 4.78 is 5.27. The minimum absolute atomic E-state index is 0.153. The molecule has 0 spiro atoms. The van der Waals surface area contributed by atoms with Gasteiger partial charge in [-0.25, -0.2) is 0 Å². The molecular formula is C25H28N4O4S. The Bertz CT molecular complexity index is 1120. The molecule has 3 rings (SSSR count). The van der Waals surface area contributed by atoms with Gasteiger partial charge in [-0.05, 0) is 29.8 Å². The second-order valence-corrected chi connectivity index (χ2v) is 9.69. The average Bonchev–Trinajstić information content (AvgIpc) is 3.25. The van der Waals surface area contributed by atoms with Crippen LogP contribution in [0.5, 0.6) is 0 Å². The molecule has 0 atom stereocenters. The van der Waals surface area contributed by atoms with Crippen LogP contribution in [0.15, 0.2) is 65.2 Å². The van der Waals surface area contributed by atoms with E-state index in [1.165, 1.54) is 11.8 Å². The third kappa shape index (κ3) is 8.08. The van der Waals surface area contributed by atoms with Crippen molar-refractivity contribution in [2.24, 2.45) is 0 Å². The molecule has 3 N–H and O–H groups in total. The van der Waals surface area contributed by atoms with Gasteiger partial charge in [0.15, 0.2) is 5.82 Å². The first-order valence-electron chi connectivity index (χ1n) is 10.8. The van der Waals surface area contributed by atoms with Crippen molar-refractivity contribution in [3.05, 3.63) is 72.0 Å². The largest absolute Gasteiger partial charge is 0.359 e. The molecule has 1 aromatic heterocycles. The molecule has 3 aromatic rings. The molecule has 9 heteroatoms. The lowest BCUT2D eigenvalue weighted by atomic mass is 9.93. The highest BCUT2D eigenvalue weighted by molar-refractivity contribution is 8.00. The second kappa shape index (κ2) is 11.5. The van der Waals surface area contributed by atoms with Crippen LogP contribution in [0.2, 0.25) is 0 Å². The fraction of sp³-hybridized carbons (Fsp3) is 0.280. The Labute approximate surface area is 202 Å². The molecule has 0 aliphatic heterocycles. The normalized spacial score (nSPS) is 11.0. The summed E-state index contributed by atoms with van der Waals surface area (Å²) in [4.78, 5) is 36.4. The van der Waals surface area contributed by atoms with E-state index in [0.29, 0.717) is 17.3 Å².